The molecule has 0 saturated heterocycles. The first kappa shape index (κ1) is 18.6. The summed E-state index contributed by atoms with van der Waals surface area (Å²) in [6, 6.07) is 1.48. The van der Waals surface area contributed by atoms with Gasteiger partial charge in [-0.3, -0.25) is 9.48 Å². The van der Waals surface area contributed by atoms with Gasteiger partial charge < -0.3 is 10.6 Å². The lowest BCUT2D eigenvalue weighted by molar-refractivity contribution is -0.131. The lowest BCUT2D eigenvalue weighted by Crippen LogP contribution is -2.42. The number of nitrogens with zero attached hydrogens (tertiary/aromatic N) is 3. The molecule has 0 spiro atoms. The summed E-state index contributed by atoms with van der Waals surface area (Å²) >= 11 is 0. The van der Waals surface area contributed by atoms with Crippen LogP contribution in [0.1, 0.15) is 13.3 Å². The van der Waals surface area contributed by atoms with Crippen LogP contribution in [0.15, 0.2) is 18.5 Å². The van der Waals surface area contributed by atoms with E-state index in [4.69, 9.17) is 5.73 Å². The number of hydrogen-bond acceptors (Lipinski definition) is 3. The molecule has 0 aliphatic carbocycles. The smallest absolute Gasteiger partial charge is 0.239 e. The van der Waals surface area contributed by atoms with Gasteiger partial charge in [0.2, 0.25) is 5.91 Å². The SMILES string of the molecule is CC[C@H](N)C(=O)N(C)CCn1cccn1.Cl.Cl. The molecule has 1 heterocycles. The fourth-order valence-corrected chi connectivity index (χ4v) is 1.25. The Morgan fingerprint density at radius 2 is 2.18 bits per heavy atom. The molecule has 0 radical (unpaired) electrons. The van der Waals surface area contributed by atoms with Crippen molar-refractivity contribution < 1.29 is 4.79 Å². The van der Waals surface area contributed by atoms with E-state index >= 15 is 0 Å². The van der Waals surface area contributed by atoms with Crippen LogP contribution in [0.3, 0.4) is 0 Å². The predicted molar refractivity (Wildman–Crippen MR) is 72.6 cm³/mol. The van der Waals surface area contributed by atoms with Crippen LogP contribution in [0.2, 0.25) is 0 Å². The van der Waals surface area contributed by atoms with Gasteiger partial charge in [-0.1, -0.05) is 6.92 Å². The molecule has 17 heavy (non-hydrogen) atoms. The molecule has 0 aliphatic rings. The first-order chi connectivity index (χ1) is 7.15. The molecule has 1 atom stereocenters. The second kappa shape index (κ2) is 9.27. The molecular formula is C10H20Cl2N4O. The van der Waals surface area contributed by atoms with Gasteiger partial charge >= 0.3 is 0 Å². The summed E-state index contributed by atoms with van der Waals surface area (Å²) in [7, 11) is 1.77. The highest BCUT2D eigenvalue weighted by molar-refractivity contribution is 5.85. The Labute approximate surface area is 114 Å². The lowest BCUT2D eigenvalue weighted by atomic mass is 10.2. The monoisotopic (exact) mass is 282 g/mol. The third-order valence-corrected chi connectivity index (χ3v) is 2.36. The van der Waals surface area contributed by atoms with Crippen molar-refractivity contribution in [1.82, 2.24) is 14.7 Å². The van der Waals surface area contributed by atoms with Gasteiger partial charge in [-0.2, -0.15) is 5.10 Å². The molecule has 0 saturated carbocycles. The fraction of sp³-hybridized carbons (Fsp3) is 0.600. The summed E-state index contributed by atoms with van der Waals surface area (Å²) in [4.78, 5) is 13.3. The molecule has 1 rings (SSSR count). The van der Waals surface area contributed by atoms with Gasteiger partial charge in [0.05, 0.1) is 12.6 Å². The summed E-state index contributed by atoms with van der Waals surface area (Å²) in [5, 5.41) is 4.06. The minimum atomic E-state index is -0.382. The number of aromatic nitrogens is 2. The summed E-state index contributed by atoms with van der Waals surface area (Å²) in [5.74, 6) is -0.00958. The Balaban J connectivity index is 0. The van der Waals surface area contributed by atoms with Crippen molar-refractivity contribution in [2.45, 2.75) is 25.9 Å². The van der Waals surface area contributed by atoms with E-state index in [9.17, 15) is 4.79 Å². The normalized spacial score (nSPS) is 11.0. The predicted octanol–water partition coefficient (Wildman–Crippen LogP) is 0.922. The van der Waals surface area contributed by atoms with Crippen LogP contribution < -0.4 is 5.73 Å². The number of rotatable bonds is 5. The zero-order valence-corrected chi connectivity index (χ0v) is 11.7. The number of hydrogen-bond donors (Lipinski definition) is 1. The summed E-state index contributed by atoms with van der Waals surface area (Å²) in [6.07, 6.45) is 4.27. The van der Waals surface area contributed by atoms with E-state index in [1.807, 2.05) is 19.2 Å². The van der Waals surface area contributed by atoms with E-state index in [1.165, 1.54) is 0 Å². The molecule has 7 heteroatoms. The largest absolute Gasteiger partial charge is 0.343 e. The Hall–Kier alpha value is -0.780. The average Bonchev–Trinajstić information content (AvgIpc) is 2.76. The number of carbonyl (C=O) groups is 1. The maximum Gasteiger partial charge on any atom is 0.239 e. The van der Waals surface area contributed by atoms with E-state index in [2.05, 4.69) is 5.10 Å². The van der Waals surface area contributed by atoms with Crippen molar-refractivity contribution in [2.24, 2.45) is 5.73 Å². The van der Waals surface area contributed by atoms with Crippen molar-refractivity contribution in [1.29, 1.82) is 0 Å². The molecule has 1 aromatic heterocycles. The number of halogens is 2. The number of amides is 1. The second-order valence-electron chi connectivity index (χ2n) is 3.54. The minimum absolute atomic E-state index is 0. The highest BCUT2D eigenvalue weighted by Gasteiger charge is 2.15. The fourth-order valence-electron chi connectivity index (χ4n) is 1.25. The van der Waals surface area contributed by atoms with Crippen LogP contribution in [-0.2, 0) is 11.3 Å². The average molecular weight is 283 g/mol. The molecule has 1 amide bonds. The number of nitrogens with two attached hydrogens (primary N) is 1. The van der Waals surface area contributed by atoms with Crippen molar-refractivity contribution in [2.75, 3.05) is 13.6 Å². The van der Waals surface area contributed by atoms with Crippen LogP contribution >= 0.6 is 24.8 Å². The summed E-state index contributed by atoms with van der Waals surface area (Å²) in [5.41, 5.74) is 5.65. The molecule has 1 aromatic rings. The van der Waals surface area contributed by atoms with Gasteiger partial charge in [-0.05, 0) is 12.5 Å². The third kappa shape index (κ3) is 5.91. The Kier molecular flexibility index (Phi) is 10.1. The van der Waals surface area contributed by atoms with Crippen molar-refractivity contribution in [3.63, 3.8) is 0 Å². The molecule has 0 aromatic carbocycles. The maximum absolute atomic E-state index is 11.6. The maximum atomic E-state index is 11.6. The topological polar surface area (TPSA) is 64.2 Å². The Morgan fingerprint density at radius 3 is 2.65 bits per heavy atom. The molecule has 5 nitrogen and oxygen atoms in total. The zero-order valence-electron chi connectivity index (χ0n) is 10.1. The Bertz CT molecular complexity index is 305. The van der Waals surface area contributed by atoms with Crippen molar-refractivity contribution >= 4 is 30.7 Å². The molecule has 0 aliphatic heterocycles. The third-order valence-electron chi connectivity index (χ3n) is 2.36. The van der Waals surface area contributed by atoms with Crippen LogP contribution in [0, 0.1) is 0 Å². The lowest BCUT2D eigenvalue weighted by Gasteiger charge is -2.20. The van der Waals surface area contributed by atoms with Crippen LogP contribution in [0.5, 0.6) is 0 Å². The molecule has 0 bridgehead atoms. The molecule has 2 N–H and O–H groups in total. The first-order valence-corrected chi connectivity index (χ1v) is 5.13. The number of likely N-dealkylation sites (N-methyl/N-ethyl adjacent to an activating group) is 1. The minimum Gasteiger partial charge on any atom is -0.343 e. The van der Waals surface area contributed by atoms with E-state index in [1.54, 1.807) is 22.8 Å². The van der Waals surface area contributed by atoms with E-state index in [0.717, 1.165) is 0 Å². The van der Waals surface area contributed by atoms with Gasteiger partial charge in [0.25, 0.3) is 0 Å². The molecule has 0 unspecified atom stereocenters. The first-order valence-electron chi connectivity index (χ1n) is 5.13. The van der Waals surface area contributed by atoms with Gasteiger partial charge in [0.1, 0.15) is 0 Å². The van der Waals surface area contributed by atoms with Crippen LogP contribution in [-0.4, -0.2) is 40.2 Å². The highest BCUT2D eigenvalue weighted by Crippen LogP contribution is 1.95. The van der Waals surface area contributed by atoms with E-state index in [-0.39, 0.29) is 36.8 Å². The molecule has 100 valence electrons. The Morgan fingerprint density at radius 1 is 1.53 bits per heavy atom. The standard InChI is InChI=1S/C10H18N4O.2ClH/c1-3-9(11)10(15)13(2)7-8-14-6-4-5-12-14;;/h4-6,9H,3,7-8,11H2,1-2H3;2*1H/t9-;;/m0../s1. The second-order valence-corrected chi connectivity index (χ2v) is 3.54. The van der Waals surface area contributed by atoms with Crippen molar-refractivity contribution in [3.8, 4) is 0 Å². The van der Waals surface area contributed by atoms with Gasteiger partial charge in [-0.25, -0.2) is 0 Å². The van der Waals surface area contributed by atoms with Gasteiger partial charge in [0.15, 0.2) is 0 Å². The summed E-state index contributed by atoms with van der Waals surface area (Å²) in [6.45, 7) is 3.24. The van der Waals surface area contributed by atoms with E-state index in [0.29, 0.717) is 19.5 Å². The quantitative estimate of drug-likeness (QED) is 0.874. The summed E-state index contributed by atoms with van der Waals surface area (Å²) < 4.78 is 1.79. The molecular weight excluding hydrogens is 263 g/mol. The number of carbonyl (C=O) groups excluding carboxylic acids is 1. The van der Waals surface area contributed by atoms with Crippen molar-refractivity contribution in [3.05, 3.63) is 18.5 Å². The highest BCUT2D eigenvalue weighted by atomic mass is 35.5. The zero-order chi connectivity index (χ0) is 11.3. The van der Waals surface area contributed by atoms with E-state index < -0.39 is 0 Å². The van der Waals surface area contributed by atoms with Gasteiger partial charge in [-0.15, -0.1) is 24.8 Å². The molecule has 0 fully saturated rings. The van der Waals surface area contributed by atoms with Crippen LogP contribution in [0.25, 0.3) is 0 Å². The van der Waals surface area contributed by atoms with Gasteiger partial charge in [0, 0.05) is 26.0 Å². The van der Waals surface area contributed by atoms with Crippen LogP contribution in [0.4, 0.5) is 0 Å².